The zero-order valence-corrected chi connectivity index (χ0v) is 11.9. The van der Waals surface area contributed by atoms with Crippen LogP contribution in [0.1, 0.15) is 43.8 Å². The average Bonchev–Trinajstić information content (AvgIpc) is 2.86. The number of aromatic nitrogens is 2. The van der Waals surface area contributed by atoms with E-state index in [0.717, 1.165) is 23.8 Å². The van der Waals surface area contributed by atoms with E-state index >= 15 is 0 Å². The Morgan fingerprint density at radius 1 is 1.17 bits per heavy atom. The molecule has 1 heterocycles. The van der Waals surface area contributed by atoms with Crippen LogP contribution in [-0.4, -0.2) is 9.36 Å². The van der Waals surface area contributed by atoms with Crippen LogP contribution in [-0.2, 0) is 12.8 Å². The lowest BCUT2D eigenvalue weighted by molar-refractivity contribution is 0.874. The van der Waals surface area contributed by atoms with Gasteiger partial charge in [-0.15, -0.1) is 0 Å². The Morgan fingerprint density at radius 2 is 1.89 bits per heavy atom. The van der Waals surface area contributed by atoms with Gasteiger partial charge in [-0.1, -0.05) is 38.1 Å². The molecule has 2 rings (SSSR count). The molecule has 96 valence electrons. The van der Waals surface area contributed by atoms with Gasteiger partial charge in [-0.2, -0.15) is 4.37 Å². The molecule has 0 amide bonds. The second-order valence-corrected chi connectivity index (χ2v) is 5.08. The number of rotatable bonds is 5. The minimum absolute atomic E-state index is 0.258. The van der Waals surface area contributed by atoms with E-state index in [1.807, 2.05) is 0 Å². The Kier molecular flexibility index (Phi) is 4.31. The quantitative estimate of drug-likeness (QED) is 0.888. The van der Waals surface area contributed by atoms with E-state index in [1.54, 1.807) is 0 Å². The molecule has 3 nitrogen and oxygen atoms in total. The third-order valence-electron chi connectivity index (χ3n) is 3.01. The molecule has 0 radical (unpaired) electrons. The van der Waals surface area contributed by atoms with Gasteiger partial charge in [0.15, 0.2) is 0 Å². The van der Waals surface area contributed by atoms with Crippen LogP contribution in [0.2, 0.25) is 0 Å². The topological polar surface area (TPSA) is 37.8 Å². The predicted molar refractivity (Wildman–Crippen MR) is 77.1 cm³/mol. The highest BCUT2D eigenvalue weighted by Crippen LogP contribution is 2.21. The molecular formula is C14H19N3S. The molecule has 0 aliphatic rings. The standard InChI is InChI=1S/C14H19N3S/c1-4-11-6-8-12(9-7-11)10(3)15-14-16-13(5-2)17-18-14/h6-10H,4-5H2,1-3H3,(H,15,16,17). The van der Waals surface area contributed by atoms with Gasteiger partial charge in [-0.3, -0.25) is 0 Å². The summed E-state index contributed by atoms with van der Waals surface area (Å²) in [6, 6.07) is 8.99. The number of hydrogen-bond acceptors (Lipinski definition) is 4. The fourth-order valence-corrected chi connectivity index (χ4v) is 2.50. The SMILES string of the molecule is CCc1ccc(C(C)Nc2nc(CC)ns2)cc1. The van der Waals surface area contributed by atoms with E-state index in [-0.39, 0.29) is 6.04 Å². The molecule has 1 aromatic carbocycles. The molecule has 0 aliphatic carbocycles. The van der Waals surface area contributed by atoms with Gasteiger partial charge < -0.3 is 5.32 Å². The normalized spacial score (nSPS) is 12.4. The average molecular weight is 261 g/mol. The maximum Gasteiger partial charge on any atom is 0.203 e. The molecule has 0 fully saturated rings. The molecule has 0 saturated heterocycles. The molecule has 1 atom stereocenters. The first-order valence-corrected chi connectivity index (χ1v) is 7.18. The minimum Gasteiger partial charge on any atom is -0.354 e. The number of nitrogens with one attached hydrogen (secondary N) is 1. The second kappa shape index (κ2) is 5.96. The molecule has 0 bridgehead atoms. The zero-order chi connectivity index (χ0) is 13.0. The smallest absolute Gasteiger partial charge is 0.203 e. The maximum atomic E-state index is 4.42. The highest BCUT2D eigenvalue weighted by Gasteiger charge is 2.08. The lowest BCUT2D eigenvalue weighted by Crippen LogP contribution is -2.06. The second-order valence-electron chi connectivity index (χ2n) is 4.33. The van der Waals surface area contributed by atoms with Crippen molar-refractivity contribution in [3.05, 3.63) is 41.2 Å². The molecule has 1 unspecified atom stereocenters. The van der Waals surface area contributed by atoms with Gasteiger partial charge >= 0.3 is 0 Å². The number of aryl methyl sites for hydroxylation is 2. The third-order valence-corrected chi connectivity index (χ3v) is 3.70. The number of hydrogen-bond donors (Lipinski definition) is 1. The van der Waals surface area contributed by atoms with Crippen LogP contribution in [0.3, 0.4) is 0 Å². The van der Waals surface area contributed by atoms with Crippen LogP contribution in [0.15, 0.2) is 24.3 Å². The van der Waals surface area contributed by atoms with Crippen molar-refractivity contribution in [3.8, 4) is 0 Å². The van der Waals surface area contributed by atoms with E-state index in [0.29, 0.717) is 0 Å². The van der Waals surface area contributed by atoms with Gasteiger partial charge in [0.1, 0.15) is 5.82 Å². The zero-order valence-electron chi connectivity index (χ0n) is 11.1. The summed E-state index contributed by atoms with van der Waals surface area (Å²) in [5, 5.41) is 4.30. The summed E-state index contributed by atoms with van der Waals surface area (Å²) in [5.74, 6) is 0.913. The van der Waals surface area contributed by atoms with Crippen LogP contribution in [0.4, 0.5) is 5.13 Å². The van der Waals surface area contributed by atoms with Crippen LogP contribution in [0.25, 0.3) is 0 Å². The fraction of sp³-hybridized carbons (Fsp3) is 0.429. The summed E-state index contributed by atoms with van der Waals surface area (Å²) in [6.45, 7) is 6.39. The summed E-state index contributed by atoms with van der Waals surface area (Å²) in [6.07, 6.45) is 1.97. The lowest BCUT2D eigenvalue weighted by atomic mass is 10.1. The number of nitrogens with zero attached hydrogens (tertiary/aromatic N) is 2. The fourth-order valence-electron chi connectivity index (χ4n) is 1.77. The Bertz CT molecular complexity index is 490. The van der Waals surface area contributed by atoms with E-state index in [1.165, 1.54) is 22.7 Å². The Labute approximate surface area is 112 Å². The van der Waals surface area contributed by atoms with E-state index in [2.05, 4.69) is 59.7 Å². The molecule has 1 aromatic heterocycles. The van der Waals surface area contributed by atoms with Crippen molar-refractivity contribution in [1.29, 1.82) is 0 Å². The highest BCUT2D eigenvalue weighted by atomic mass is 32.1. The minimum atomic E-state index is 0.258. The summed E-state index contributed by atoms with van der Waals surface area (Å²) >= 11 is 1.43. The van der Waals surface area contributed by atoms with Crippen molar-refractivity contribution in [3.63, 3.8) is 0 Å². The highest BCUT2D eigenvalue weighted by molar-refractivity contribution is 7.09. The molecule has 18 heavy (non-hydrogen) atoms. The van der Waals surface area contributed by atoms with Gasteiger partial charge in [0.25, 0.3) is 0 Å². The van der Waals surface area contributed by atoms with Crippen molar-refractivity contribution in [1.82, 2.24) is 9.36 Å². The van der Waals surface area contributed by atoms with Crippen LogP contribution < -0.4 is 5.32 Å². The Morgan fingerprint density at radius 3 is 2.44 bits per heavy atom. The molecule has 2 aromatic rings. The molecule has 0 saturated carbocycles. The van der Waals surface area contributed by atoms with Gasteiger partial charge in [-0.25, -0.2) is 4.98 Å². The predicted octanol–water partition coefficient (Wildman–Crippen LogP) is 3.84. The van der Waals surface area contributed by atoms with Gasteiger partial charge in [0.05, 0.1) is 6.04 Å². The first kappa shape index (κ1) is 13.0. The molecule has 1 N–H and O–H groups in total. The van der Waals surface area contributed by atoms with Crippen LogP contribution in [0.5, 0.6) is 0 Å². The molecule has 0 aliphatic heterocycles. The Hall–Kier alpha value is -1.42. The van der Waals surface area contributed by atoms with Crippen molar-refractivity contribution in [2.24, 2.45) is 0 Å². The molecule has 0 spiro atoms. The third kappa shape index (κ3) is 3.07. The Balaban J connectivity index is 2.03. The van der Waals surface area contributed by atoms with Gasteiger partial charge in [-0.05, 0) is 24.5 Å². The largest absolute Gasteiger partial charge is 0.354 e. The molecular weight excluding hydrogens is 242 g/mol. The van der Waals surface area contributed by atoms with Crippen molar-refractivity contribution in [2.45, 2.75) is 39.7 Å². The summed E-state index contributed by atoms with van der Waals surface area (Å²) in [5.41, 5.74) is 2.65. The monoisotopic (exact) mass is 261 g/mol. The van der Waals surface area contributed by atoms with E-state index < -0.39 is 0 Å². The first-order chi connectivity index (χ1) is 8.72. The van der Waals surface area contributed by atoms with Crippen LogP contribution >= 0.6 is 11.5 Å². The first-order valence-electron chi connectivity index (χ1n) is 6.40. The van der Waals surface area contributed by atoms with Crippen molar-refractivity contribution >= 4 is 16.7 Å². The summed E-state index contributed by atoms with van der Waals surface area (Å²) in [7, 11) is 0. The number of anilines is 1. The van der Waals surface area contributed by atoms with Gasteiger partial charge in [0, 0.05) is 18.0 Å². The van der Waals surface area contributed by atoms with E-state index in [9.17, 15) is 0 Å². The van der Waals surface area contributed by atoms with E-state index in [4.69, 9.17) is 0 Å². The van der Waals surface area contributed by atoms with Gasteiger partial charge in [0.2, 0.25) is 5.13 Å². The molecule has 4 heteroatoms. The van der Waals surface area contributed by atoms with Crippen LogP contribution in [0, 0.1) is 0 Å². The maximum absolute atomic E-state index is 4.42. The summed E-state index contributed by atoms with van der Waals surface area (Å²) in [4.78, 5) is 4.42. The lowest BCUT2D eigenvalue weighted by Gasteiger charge is -2.13. The summed E-state index contributed by atoms with van der Waals surface area (Å²) < 4.78 is 4.28. The number of benzene rings is 1. The van der Waals surface area contributed by atoms with Crippen molar-refractivity contribution in [2.75, 3.05) is 5.32 Å². The van der Waals surface area contributed by atoms with Crippen molar-refractivity contribution < 1.29 is 0 Å².